The number of aryl methyl sites for hydroxylation is 1. The van der Waals surface area contributed by atoms with Crippen LogP contribution in [0, 0.1) is 20.2 Å². The van der Waals surface area contributed by atoms with E-state index in [0.717, 1.165) is 0 Å². The zero-order valence-electron chi connectivity index (χ0n) is 10.9. The van der Waals surface area contributed by atoms with Gasteiger partial charge in [0.05, 0.1) is 10.5 Å². The molecule has 1 unspecified atom stereocenters. The highest BCUT2D eigenvalue weighted by molar-refractivity contribution is 5.67. The number of fused-ring (bicyclic) bond motifs is 1. The van der Waals surface area contributed by atoms with Gasteiger partial charge in [-0.25, -0.2) is 9.67 Å². The predicted molar refractivity (Wildman–Crippen MR) is 71.2 cm³/mol. The summed E-state index contributed by atoms with van der Waals surface area (Å²) < 4.78 is 1.48. The summed E-state index contributed by atoms with van der Waals surface area (Å²) in [6.07, 6.45) is 0.849. The van der Waals surface area contributed by atoms with Crippen molar-refractivity contribution >= 4 is 5.69 Å². The highest BCUT2D eigenvalue weighted by Crippen LogP contribution is 2.28. The van der Waals surface area contributed by atoms with Crippen LogP contribution in [0.3, 0.4) is 0 Å². The van der Waals surface area contributed by atoms with Gasteiger partial charge in [0.15, 0.2) is 5.82 Å². The molecule has 1 aromatic heterocycles. The number of para-hydroxylation sites is 1. The van der Waals surface area contributed by atoms with Crippen LogP contribution in [0.5, 0.6) is 0 Å². The van der Waals surface area contributed by atoms with Gasteiger partial charge in [0.2, 0.25) is 6.04 Å². The van der Waals surface area contributed by atoms with Gasteiger partial charge >= 0.3 is 0 Å². The molecule has 0 saturated carbocycles. The van der Waals surface area contributed by atoms with Gasteiger partial charge in [-0.3, -0.25) is 20.2 Å². The Kier molecular flexibility index (Phi) is 3.09. The van der Waals surface area contributed by atoms with Crippen molar-refractivity contribution in [2.75, 3.05) is 0 Å². The van der Waals surface area contributed by atoms with E-state index >= 15 is 0 Å². The fourth-order valence-corrected chi connectivity index (χ4v) is 2.40. The number of nitro groups is 2. The fraction of sp³-hybridized carbons (Fsp3) is 0.333. The van der Waals surface area contributed by atoms with Gasteiger partial charge in [-0.15, -0.1) is 0 Å². The topological polar surface area (TPSA) is 117 Å². The Morgan fingerprint density at radius 2 is 2.00 bits per heavy atom. The predicted octanol–water partition coefficient (Wildman–Crippen LogP) is 1.44. The lowest BCUT2D eigenvalue weighted by atomic mass is 10.1. The lowest BCUT2D eigenvalue weighted by Gasteiger charge is -2.15. The van der Waals surface area contributed by atoms with Crippen LogP contribution >= 0.6 is 0 Å². The largest absolute Gasteiger partial charge is 0.280 e. The van der Waals surface area contributed by atoms with Crippen LogP contribution in [0.4, 0.5) is 5.69 Å². The molecule has 9 heteroatoms. The van der Waals surface area contributed by atoms with Crippen molar-refractivity contribution in [2.24, 2.45) is 0 Å². The van der Waals surface area contributed by atoms with Gasteiger partial charge in [-0.2, -0.15) is 5.10 Å². The van der Waals surface area contributed by atoms with Crippen LogP contribution in [0.15, 0.2) is 24.3 Å². The third-order valence-corrected chi connectivity index (χ3v) is 3.47. The minimum Gasteiger partial charge on any atom is -0.264 e. The number of benzene rings is 1. The van der Waals surface area contributed by atoms with Crippen LogP contribution in [-0.4, -0.2) is 30.7 Å². The van der Waals surface area contributed by atoms with Crippen LogP contribution < -0.4 is 0 Å². The van der Waals surface area contributed by atoms with Crippen LogP contribution in [0.2, 0.25) is 0 Å². The molecule has 0 N–H and O–H groups in total. The summed E-state index contributed by atoms with van der Waals surface area (Å²) in [5.74, 6) is 0.863. The minimum atomic E-state index is -0.683. The molecule has 1 aliphatic heterocycles. The Bertz CT molecular complexity index is 726. The second-order valence-corrected chi connectivity index (χ2v) is 4.79. The maximum atomic E-state index is 11.0. The summed E-state index contributed by atoms with van der Waals surface area (Å²) in [6.45, 7) is 0.149. The minimum absolute atomic E-state index is 0.0775. The van der Waals surface area contributed by atoms with Gasteiger partial charge in [-0.1, -0.05) is 12.1 Å². The van der Waals surface area contributed by atoms with Gasteiger partial charge in [0.1, 0.15) is 12.4 Å². The molecule has 2 aromatic rings. The Balaban J connectivity index is 2.00. The van der Waals surface area contributed by atoms with Crippen molar-refractivity contribution in [1.29, 1.82) is 0 Å². The average molecular weight is 289 g/mol. The van der Waals surface area contributed by atoms with Crippen LogP contribution in [-0.2, 0) is 13.0 Å². The molecule has 0 saturated heterocycles. The summed E-state index contributed by atoms with van der Waals surface area (Å²) in [5, 5.41) is 26.1. The van der Waals surface area contributed by atoms with Crippen LogP contribution in [0.25, 0.3) is 11.4 Å². The Hall–Kier alpha value is -2.84. The molecule has 1 atom stereocenters. The average Bonchev–Trinajstić information content (AvgIpc) is 2.89. The molecule has 0 amide bonds. The smallest absolute Gasteiger partial charge is 0.264 e. The molecule has 0 radical (unpaired) electrons. The van der Waals surface area contributed by atoms with Crippen LogP contribution in [0.1, 0.15) is 12.2 Å². The molecular weight excluding hydrogens is 278 g/mol. The van der Waals surface area contributed by atoms with Gasteiger partial charge in [0, 0.05) is 23.8 Å². The van der Waals surface area contributed by atoms with Gasteiger partial charge < -0.3 is 0 Å². The Morgan fingerprint density at radius 3 is 2.71 bits per heavy atom. The second kappa shape index (κ2) is 4.93. The Labute approximate surface area is 118 Å². The van der Waals surface area contributed by atoms with E-state index in [2.05, 4.69) is 10.1 Å². The number of nitrogens with zero attached hydrogens (tertiary/aromatic N) is 5. The number of nitro benzene ring substituents is 1. The van der Waals surface area contributed by atoms with Gasteiger partial charge in [-0.05, 0) is 6.07 Å². The van der Waals surface area contributed by atoms with Crippen molar-refractivity contribution in [3.63, 3.8) is 0 Å². The maximum absolute atomic E-state index is 11.0. The fourth-order valence-electron chi connectivity index (χ4n) is 2.40. The first-order chi connectivity index (χ1) is 10.1. The molecule has 1 aromatic carbocycles. The quantitative estimate of drug-likeness (QED) is 0.623. The highest BCUT2D eigenvalue weighted by atomic mass is 16.6. The van der Waals surface area contributed by atoms with E-state index in [1.54, 1.807) is 18.2 Å². The lowest BCUT2D eigenvalue weighted by molar-refractivity contribution is -0.527. The summed E-state index contributed by atoms with van der Waals surface area (Å²) in [6, 6.07) is 5.51. The standard InChI is InChI=1S/C12H11N5O4/c18-16(19)8-5-6-11-13-12(14-15(11)7-8)9-3-1-2-4-10(9)17(20)21/h1-4,8H,5-7H2. The molecule has 0 fully saturated rings. The third-order valence-electron chi connectivity index (χ3n) is 3.47. The van der Waals surface area contributed by atoms with E-state index in [4.69, 9.17) is 0 Å². The first kappa shape index (κ1) is 13.2. The third kappa shape index (κ3) is 2.33. The van der Waals surface area contributed by atoms with E-state index in [1.807, 2.05) is 0 Å². The van der Waals surface area contributed by atoms with E-state index in [-0.39, 0.29) is 23.0 Å². The number of hydrogen-bond donors (Lipinski definition) is 0. The van der Waals surface area contributed by atoms with Crippen molar-refractivity contribution in [2.45, 2.75) is 25.4 Å². The first-order valence-corrected chi connectivity index (χ1v) is 6.37. The lowest BCUT2D eigenvalue weighted by Crippen LogP contribution is -2.31. The highest BCUT2D eigenvalue weighted by Gasteiger charge is 2.30. The van der Waals surface area contributed by atoms with E-state index in [0.29, 0.717) is 24.2 Å². The van der Waals surface area contributed by atoms with E-state index in [1.165, 1.54) is 10.7 Å². The molecule has 9 nitrogen and oxygen atoms in total. The summed E-state index contributed by atoms with van der Waals surface area (Å²) in [5.41, 5.74) is 0.244. The van der Waals surface area contributed by atoms with Crippen molar-refractivity contribution in [1.82, 2.24) is 14.8 Å². The molecular formula is C12H11N5O4. The monoisotopic (exact) mass is 289 g/mol. The summed E-state index contributed by atoms with van der Waals surface area (Å²) >= 11 is 0. The van der Waals surface area contributed by atoms with Crippen molar-refractivity contribution in [3.8, 4) is 11.4 Å². The SMILES string of the molecule is O=[N+]([O-])c1ccccc1-c1nc2n(n1)CC([N+](=O)[O-])CC2. The molecule has 0 spiro atoms. The molecule has 1 aliphatic rings. The second-order valence-electron chi connectivity index (χ2n) is 4.79. The molecule has 2 heterocycles. The first-order valence-electron chi connectivity index (χ1n) is 6.37. The van der Waals surface area contributed by atoms with Crippen molar-refractivity contribution < 1.29 is 9.85 Å². The molecule has 0 aliphatic carbocycles. The Morgan fingerprint density at radius 1 is 1.24 bits per heavy atom. The van der Waals surface area contributed by atoms with E-state index < -0.39 is 11.0 Å². The number of aromatic nitrogens is 3. The zero-order valence-corrected chi connectivity index (χ0v) is 10.9. The molecule has 108 valence electrons. The molecule has 0 bridgehead atoms. The summed E-state index contributed by atoms with van der Waals surface area (Å²) in [4.78, 5) is 25.3. The number of rotatable bonds is 3. The summed E-state index contributed by atoms with van der Waals surface area (Å²) in [7, 11) is 0. The molecule has 3 rings (SSSR count). The number of hydrogen-bond acceptors (Lipinski definition) is 6. The maximum Gasteiger partial charge on any atom is 0.280 e. The normalized spacial score (nSPS) is 17.2. The zero-order chi connectivity index (χ0) is 15.0. The van der Waals surface area contributed by atoms with Gasteiger partial charge in [0.25, 0.3) is 5.69 Å². The molecule has 21 heavy (non-hydrogen) atoms. The van der Waals surface area contributed by atoms with E-state index in [9.17, 15) is 20.2 Å². The van der Waals surface area contributed by atoms with Crippen molar-refractivity contribution in [3.05, 3.63) is 50.3 Å².